The van der Waals surface area contributed by atoms with Crippen LogP contribution in [0.2, 0.25) is 0 Å². The van der Waals surface area contributed by atoms with Crippen LogP contribution < -0.4 is 4.74 Å². The summed E-state index contributed by atoms with van der Waals surface area (Å²) >= 11 is 0. The molecule has 1 heterocycles. The van der Waals surface area contributed by atoms with Crippen molar-refractivity contribution in [1.82, 2.24) is 4.57 Å². The number of hydrogen-bond acceptors (Lipinski definition) is 5. The van der Waals surface area contributed by atoms with Crippen LogP contribution in [0.5, 0.6) is 5.75 Å². The third kappa shape index (κ3) is 3.09. The van der Waals surface area contributed by atoms with E-state index in [-0.39, 0.29) is 5.69 Å². The Hall–Kier alpha value is -2.25. The second-order valence-corrected chi connectivity index (χ2v) is 4.42. The van der Waals surface area contributed by atoms with E-state index in [1.807, 2.05) is 0 Å². The summed E-state index contributed by atoms with van der Waals surface area (Å²) in [5.41, 5.74) is 0.874. The number of ether oxygens (including phenoxy) is 2. The van der Waals surface area contributed by atoms with E-state index in [9.17, 15) is 14.8 Å². The Bertz CT molecular complexity index is 608. The van der Waals surface area contributed by atoms with E-state index in [0.717, 1.165) is 0 Å². The predicted octanol–water partition coefficient (Wildman–Crippen LogP) is 0.885. The van der Waals surface area contributed by atoms with Gasteiger partial charge in [0.1, 0.15) is 11.4 Å². The average molecular weight is 289 g/mol. The van der Waals surface area contributed by atoms with Gasteiger partial charge in [-0.3, -0.25) is 0 Å². The van der Waals surface area contributed by atoms with Gasteiger partial charge in [0.25, 0.3) is 0 Å². The topological polar surface area (TPSA) is 80.9 Å². The van der Waals surface area contributed by atoms with Gasteiger partial charge in [0.05, 0.1) is 20.2 Å². The SMILES string of the molecule is COC(=O)c1cccn1[C@@H](B(O)O)c1ccc(OC)cc1. The lowest BCUT2D eigenvalue weighted by atomic mass is 9.74. The van der Waals surface area contributed by atoms with Gasteiger partial charge in [-0.25, -0.2) is 4.79 Å². The number of esters is 1. The van der Waals surface area contributed by atoms with Crippen LogP contribution in [0.3, 0.4) is 0 Å². The standard InChI is InChI=1S/C14H16BNO5/c1-20-11-7-5-10(6-8-11)13(15(18)19)16-9-3-4-12(16)14(17)21-2/h3-9,13,18-19H,1-2H3/t13-/m1/s1. The zero-order valence-corrected chi connectivity index (χ0v) is 11.8. The molecule has 0 radical (unpaired) electrons. The Kier molecular flexibility index (Phi) is 4.67. The zero-order valence-electron chi connectivity index (χ0n) is 11.8. The largest absolute Gasteiger partial charge is 0.497 e. The summed E-state index contributed by atoms with van der Waals surface area (Å²) in [7, 11) is 1.15. The molecule has 2 aromatic rings. The van der Waals surface area contributed by atoms with E-state index in [2.05, 4.69) is 0 Å². The second-order valence-electron chi connectivity index (χ2n) is 4.42. The van der Waals surface area contributed by atoms with Gasteiger partial charge in [-0.2, -0.15) is 0 Å². The monoisotopic (exact) mass is 289 g/mol. The molecule has 0 aliphatic rings. The molecule has 1 aromatic carbocycles. The van der Waals surface area contributed by atoms with Crippen molar-refractivity contribution in [2.45, 2.75) is 5.94 Å². The summed E-state index contributed by atoms with van der Waals surface area (Å²) in [6.45, 7) is 0. The minimum atomic E-state index is -1.67. The molecular formula is C14H16BNO5. The van der Waals surface area contributed by atoms with Gasteiger partial charge >= 0.3 is 13.1 Å². The smallest absolute Gasteiger partial charge is 0.480 e. The van der Waals surface area contributed by atoms with E-state index >= 15 is 0 Å². The third-order valence-electron chi connectivity index (χ3n) is 3.21. The molecule has 1 aromatic heterocycles. The Morgan fingerprint density at radius 3 is 2.38 bits per heavy atom. The number of aromatic nitrogens is 1. The lowest BCUT2D eigenvalue weighted by Gasteiger charge is -2.20. The van der Waals surface area contributed by atoms with Crippen LogP contribution >= 0.6 is 0 Å². The normalized spacial score (nSPS) is 11.8. The number of rotatable bonds is 5. The minimum Gasteiger partial charge on any atom is -0.497 e. The van der Waals surface area contributed by atoms with Crippen LogP contribution in [0.25, 0.3) is 0 Å². The van der Waals surface area contributed by atoms with Crippen molar-refractivity contribution in [3.63, 3.8) is 0 Å². The second kappa shape index (κ2) is 6.47. The summed E-state index contributed by atoms with van der Waals surface area (Å²) in [6.07, 6.45) is 1.60. The van der Waals surface area contributed by atoms with Crippen LogP contribution in [0.15, 0.2) is 42.6 Å². The Morgan fingerprint density at radius 1 is 1.19 bits per heavy atom. The lowest BCUT2D eigenvalue weighted by Crippen LogP contribution is -2.31. The Balaban J connectivity index is 2.44. The highest BCUT2D eigenvalue weighted by atomic mass is 16.5. The van der Waals surface area contributed by atoms with Crippen molar-refractivity contribution >= 4 is 13.1 Å². The molecule has 1 atom stereocenters. The molecule has 2 N–H and O–H groups in total. The molecule has 0 spiro atoms. The molecule has 0 saturated carbocycles. The fraction of sp³-hybridized carbons (Fsp3) is 0.214. The average Bonchev–Trinajstić information content (AvgIpc) is 2.96. The molecule has 21 heavy (non-hydrogen) atoms. The van der Waals surface area contributed by atoms with E-state index < -0.39 is 19.0 Å². The summed E-state index contributed by atoms with van der Waals surface area (Å²) in [5, 5.41) is 19.4. The van der Waals surface area contributed by atoms with Crippen molar-refractivity contribution < 1.29 is 24.3 Å². The molecule has 6 nitrogen and oxygen atoms in total. The maximum Gasteiger partial charge on any atom is 0.480 e. The zero-order chi connectivity index (χ0) is 15.4. The van der Waals surface area contributed by atoms with Gasteiger partial charge < -0.3 is 24.1 Å². The van der Waals surface area contributed by atoms with E-state index in [0.29, 0.717) is 11.3 Å². The molecule has 2 rings (SSSR count). The minimum absolute atomic E-state index is 0.242. The predicted molar refractivity (Wildman–Crippen MR) is 77.1 cm³/mol. The number of carbonyl (C=O) groups excluding carboxylic acids is 1. The van der Waals surface area contributed by atoms with Crippen molar-refractivity contribution in [1.29, 1.82) is 0 Å². The van der Waals surface area contributed by atoms with E-state index in [4.69, 9.17) is 9.47 Å². The fourth-order valence-corrected chi connectivity index (χ4v) is 2.19. The molecule has 0 saturated heterocycles. The molecule has 0 amide bonds. The molecule has 0 aliphatic carbocycles. The van der Waals surface area contributed by atoms with Crippen molar-refractivity contribution in [3.8, 4) is 5.75 Å². The van der Waals surface area contributed by atoms with Crippen molar-refractivity contribution in [2.75, 3.05) is 14.2 Å². The highest BCUT2D eigenvalue weighted by molar-refractivity contribution is 6.43. The molecule has 110 valence electrons. The van der Waals surface area contributed by atoms with E-state index in [1.165, 1.54) is 11.7 Å². The summed E-state index contributed by atoms with van der Waals surface area (Å²) < 4.78 is 11.2. The Labute approximate surface area is 122 Å². The van der Waals surface area contributed by atoms with Gasteiger partial charge in [-0.05, 0) is 29.8 Å². The number of benzene rings is 1. The van der Waals surface area contributed by atoms with Gasteiger partial charge in [0.2, 0.25) is 0 Å². The van der Waals surface area contributed by atoms with Crippen LogP contribution in [-0.2, 0) is 4.74 Å². The molecule has 0 bridgehead atoms. The van der Waals surface area contributed by atoms with Crippen molar-refractivity contribution in [2.24, 2.45) is 0 Å². The van der Waals surface area contributed by atoms with Crippen LogP contribution in [0.1, 0.15) is 22.0 Å². The number of hydrogen-bond donors (Lipinski definition) is 2. The van der Waals surface area contributed by atoms with Gasteiger partial charge in [-0.15, -0.1) is 0 Å². The summed E-state index contributed by atoms with van der Waals surface area (Å²) in [4.78, 5) is 11.7. The van der Waals surface area contributed by atoms with Crippen LogP contribution in [0.4, 0.5) is 0 Å². The number of carbonyl (C=O) groups is 1. The van der Waals surface area contributed by atoms with E-state index in [1.54, 1.807) is 49.7 Å². The quantitative estimate of drug-likeness (QED) is 0.631. The molecule has 0 aliphatic heterocycles. The first-order valence-electron chi connectivity index (χ1n) is 6.33. The van der Waals surface area contributed by atoms with Gasteiger partial charge in [0, 0.05) is 6.20 Å². The molecular weight excluding hydrogens is 273 g/mol. The van der Waals surface area contributed by atoms with Crippen molar-refractivity contribution in [3.05, 3.63) is 53.9 Å². The third-order valence-corrected chi connectivity index (χ3v) is 3.21. The first-order chi connectivity index (χ1) is 10.1. The number of methoxy groups -OCH3 is 2. The van der Waals surface area contributed by atoms with Gasteiger partial charge in [-0.1, -0.05) is 12.1 Å². The summed E-state index contributed by atoms with van der Waals surface area (Å²) in [5.74, 6) is -0.704. The lowest BCUT2D eigenvalue weighted by molar-refractivity contribution is 0.0588. The van der Waals surface area contributed by atoms with Gasteiger partial charge in [0.15, 0.2) is 0 Å². The van der Waals surface area contributed by atoms with Crippen LogP contribution in [0, 0.1) is 0 Å². The summed E-state index contributed by atoms with van der Waals surface area (Å²) in [6, 6.07) is 10.1. The molecule has 0 unspecified atom stereocenters. The first kappa shape index (κ1) is 15.1. The first-order valence-corrected chi connectivity index (χ1v) is 6.33. The fourth-order valence-electron chi connectivity index (χ4n) is 2.19. The number of nitrogens with zero attached hydrogens (tertiary/aromatic N) is 1. The highest BCUT2D eigenvalue weighted by Crippen LogP contribution is 2.24. The maximum atomic E-state index is 11.7. The highest BCUT2D eigenvalue weighted by Gasteiger charge is 2.30. The Morgan fingerprint density at radius 2 is 1.86 bits per heavy atom. The van der Waals surface area contributed by atoms with Crippen LogP contribution in [-0.4, -0.2) is 41.9 Å². The molecule has 7 heteroatoms. The molecule has 0 fully saturated rings. The maximum absolute atomic E-state index is 11.7.